The topological polar surface area (TPSA) is 105 Å². The Morgan fingerprint density at radius 2 is 1.62 bits per heavy atom. The van der Waals surface area contributed by atoms with Gasteiger partial charge in [0, 0.05) is 25.6 Å². The number of carbonyl (C=O) groups excluding carboxylic acids is 2. The number of para-hydroxylation sites is 2. The van der Waals surface area contributed by atoms with Crippen molar-refractivity contribution in [3.05, 3.63) is 84.4 Å². The minimum Gasteiger partial charge on any atom is -0.497 e. The molecule has 0 radical (unpaired) electrons. The van der Waals surface area contributed by atoms with Crippen LogP contribution in [-0.4, -0.2) is 57.4 Å². The number of fused-ring (bicyclic) bond motifs is 1. The van der Waals surface area contributed by atoms with E-state index in [1.807, 2.05) is 36.4 Å². The van der Waals surface area contributed by atoms with E-state index in [9.17, 15) is 18.0 Å². The van der Waals surface area contributed by atoms with E-state index in [2.05, 4.69) is 5.32 Å². The molecule has 1 N–H and O–H groups in total. The van der Waals surface area contributed by atoms with E-state index >= 15 is 0 Å². The second-order valence-corrected chi connectivity index (χ2v) is 11.5. The van der Waals surface area contributed by atoms with Crippen molar-refractivity contribution < 1.29 is 27.5 Å². The van der Waals surface area contributed by atoms with Gasteiger partial charge >= 0.3 is 0 Å². The van der Waals surface area contributed by atoms with Crippen LogP contribution in [0, 0.1) is 5.92 Å². The number of hydrogen-bond donors (Lipinski definition) is 1. The first kappa shape index (κ1) is 26.7. The number of carbonyl (C=O) groups is 2. The van der Waals surface area contributed by atoms with Gasteiger partial charge in [-0.1, -0.05) is 42.5 Å². The Labute approximate surface area is 228 Å². The van der Waals surface area contributed by atoms with Gasteiger partial charge in [0.1, 0.15) is 11.5 Å². The van der Waals surface area contributed by atoms with E-state index < -0.39 is 16.1 Å². The third-order valence-corrected chi connectivity index (χ3v) is 9.05. The molecule has 204 valence electrons. The van der Waals surface area contributed by atoms with Crippen LogP contribution in [0.15, 0.2) is 83.8 Å². The van der Waals surface area contributed by atoms with Crippen LogP contribution in [0.1, 0.15) is 18.4 Å². The van der Waals surface area contributed by atoms with Gasteiger partial charge in [0.05, 0.1) is 24.2 Å². The molecular weight excluding hydrogens is 518 g/mol. The molecule has 9 nitrogen and oxygen atoms in total. The molecule has 2 aliphatic heterocycles. The van der Waals surface area contributed by atoms with E-state index in [4.69, 9.17) is 9.47 Å². The van der Waals surface area contributed by atoms with E-state index in [0.29, 0.717) is 36.6 Å². The SMILES string of the molecule is COc1ccc(S(=O)(=O)N2CCC(C(=O)N3CC(C(=O)NCc4ccccc4)Oc4ccccc43)CC2)cc1. The first-order chi connectivity index (χ1) is 18.9. The lowest BCUT2D eigenvalue weighted by Crippen LogP contribution is -2.53. The third-order valence-electron chi connectivity index (χ3n) is 7.14. The van der Waals surface area contributed by atoms with Crippen LogP contribution < -0.4 is 19.7 Å². The number of hydrogen-bond acceptors (Lipinski definition) is 6. The predicted octanol–water partition coefficient (Wildman–Crippen LogP) is 3.21. The summed E-state index contributed by atoms with van der Waals surface area (Å²) < 4.78 is 38.8. The fourth-order valence-electron chi connectivity index (χ4n) is 4.94. The number of ether oxygens (including phenoxy) is 2. The number of anilines is 1. The minimum atomic E-state index is -3.68. The fourth-order valence-corrected chi connectivity index (χ4v) is 6.41. The highest BCUT2D eigenvalue weighted by atomic mass is 32.2. The molecule has 0 spiro atoms. The minimum absolute atomic E-state index is 0.0842. The van der Waals surface area contributed by atoms with Gasteiger partial charge in [0.15, 0.2) is 6.10 Å². The quantitative estimate of drug-likeness (QED) is 0.485. The lowest BCUT2D eigenvalue weighted by molar-refractivity contribution is -0.129. The maximum absolute atomic E-state index is 13.7. The number of methoxy groups -OCH3 is 1. The van der Waals surface area contributed by atoms with E-state index in [-0.39, 0.29) is 42.3 Å². The zero-order valence-corrected chi connectivity index (χ0v) is 22.5. The van der Waals surface area contributed by atoms with Crippen LogP contribution in [0.25, 0.3) is 0 Å². The number of sulfonamides is 1. The summed E-state index contributed by atoms with van der Waals surface area (Å²) in [5.74, 6) is 0.249. The van der Waals surface area contributed by atoms with Gasteiger partial charge in [-0.2, -0.15) is 4.31 Å². The molecule has 1 unspecified atom stereocenters. The first-order valence-electron chi connectivity index (χ1n) is 12.9. The zero-order chi connectivity index (χ0) is 27.4. The Morgan fingerprint density at radius 1 is 0.949 bits per heavy atom. The van der Waals surface area contributed by atoms with Gasteiger partial charge in [0.25, 0.3) is 5.91 Å². The molecule has 0 aromatic heterocycles. The monoisotopic (exact) mass is 549 g/mol. The second-order valence-electron chi connectivity index (χ2n) is 9.58. The molecule has 0 bridgehead atoms. The van der Waals surface area contributed by atoms with E-state index in [0.717, 1.165) is 5.56 Å². The van der Waals surface area contributed by atoms with Crippen LogP contribution in [0.3, 0.4) is 0 Å². The Kier molecular flexibility index (Phi) is 7.85. The van der Waals surface area contributed by atoms with Crippen LogP contribution in [0.4, 0.5) is 5.69 Å². The van der Waals surface area contributed by atoms with Gasteiger partial charge < -0.3 is 19.7 Å². The molecule has 5 rings (SSSR count). The third kappa shape index (κ3) is 5.76. The number of rotatable bonds is 7. The summed E-state index contributed by atoms with van der Waals surface area (Å²) in [4.78, 5) is 28.5. The van der Waals surface area contributed by atoms with Gasteiger partial charge in [-0.15, -0.1) is 0 Å². The molecule has 2 aliphatic rings. The van der Waals surface area contributed by atoms with Crippen molar-refractivity contribution in [1.29, 1.82) is 0 Å². The summed E-state index contributed by atoms with van der Waals surface area (Å²) >= 11 is 0. The van der Waals surface area contributed by atoms with Gasteiger partial charge in [-0.3, -0.25) is 9.59 Å². The number of benzene rings is 3. The average Bonchev–Trinajstić information content (AvgIpc) is 2.99. The number of amides is 2. The van der Waals surface area contributed by atoms with Crippen molar-refractivity contribution in [2.45, 2.75) is 30.4 Å². The van der Waals surface area contributed by atoms with Gasteiger partial charge in [0.2, 0.25) is 15.9 Å². The summed E-state index contributed by atoms with van der Waals surface area (Å²) in [6.45, 7) is 0.909. The maximum atomic E-state index is 13.7. The Hall–Kier alpha value is -3.89. The van der Waals surface area contributed by atoms with Crippen molar-refractivity contribution in [1.82, 2.24) is 9.62 Å². The molecule has 10 heteroatoms. The van der Waals surface area contributed by atoms with Crippen molar-refractivity contribution in [2.75, 3.05) is 31.6 Å². The number of nitrogens with one attached hydrogen (secondary N) is 1. The molecule has 2 amide bonds. The van der Waals surface area contributed by atoms with Gasteiger partial charge in [-0.05, 0) is 54.8 Å². The molecule has 3 aromatic carbocycles. The molecule has 1 atom stereocenters. The largest absolute Gasteiger partial charge is 0.497 e. The number of nitrogens with zero attached hydrogens (tertiary/aromatic N) is 2. The first-order valence-corrected chi connectivity index (χ1v) is 14.3. The van der Waals surface area contributed by atoms with Crippen molar-refractivity contribution in [3.63, 3.8) is 0 Å². The van der Waals surface area contributed by atoms with Crippen LogP contribution in [0.2, 0.25) is 0 Å². The molecule has 0 saturated carbocycles. The highest BCUT2D eigenvalue weighted by Crippen LogP contribution is 2.36. The van der Waals surface area contributed by atoms with Crippen LogP contribution in [-0.2, 0) is 26.2 Å². The molecular formula is C29H31N3O6S. The summed E-state index contributed by atoms with van der Waals surface area (Å²) in [5.41, 5.74) is 1.58. The maximum Gasteiger partial charge on any atom is 0.263 e. The fraction of sp³-hybridized carbons (Fsp3) is 0.310. The molecule has 0 aliphatic carbocycles. The molecule has 1 fully saturated rings. The normalized spacial score (nSPS) is 18.1. The average molecular weight is 550 g/mol. The Balaban J connectivity index is 1.25. The highest BCUT2D eigenvalue weighted by Gasteiger charge is 2.39. The second kappa shape index (κ2) is 11.5. The zero-order valence-electron chi connectivity index (χ0n) is 21.7. The van der Waals surface area contributed by atoms with Crippen molar-refractivity contribution in [3.8, 4) is 11.5 Å². The summed E-state index contributed by atoms with van der Waals surface area (Å²) in [7, 11) is -2.15. The summed E-state index contributed by atoms with van der Waals surface area (Å²) in [6, 6.07) is 23.0. The molecule has 1 saturated heterocycles. The molecule has 3 aromatic rings. The molecule has 2 heterocycles. The van der Waals surface area contributed by atoms with Crippen molar-refractivity contribution >= 4 is 27.5 Å². The summed E-state index contributed by atoms with van der Waals surface area (Å²) in [5, 5.41) is 2.90. The predicted molar refractivity (Wildman–Crippen MR) is 146 cm³/mol. The Bertz CT molecular complexity index is 1420. The van der Waals surface area contributed by atoms with Crippen molar-refractivity contribution in [2.24, 2.45) is 5.92 Å². The van der Waals surface area contributed by atoms with Crippen LogP contribution in [0.5, 0.6) is 11.5 Å². The lowest BCUT2D eigenvalue weighted by Gasteiger charge is -2.38. The smallest absolute Gasteiger partial charge is 0.263 e. The highest BCUT2D eigenvalue weighted by molar-refractivity contribution is 7.89. The van der Waals surface area contributed by atoms with Crippen LogP contribution >= 0.6 is 0 Å². The standard InChI is InChI=1S/C29H31N3O6S/c1-37-23-11-13-24(14-12-23)39(35,36)31-17-15-22(16-18-31)29(34)32-20-27(38-26-10-6-5-9-25(26)32)28(33)30-19-21-7-3-2-4-8-21/h2-14,22,27H,15-20H2,1H3,(H,30,33). The van der Waals surface area contributed by atoms with E-state index in [1.165, 1.54) is 23.5 Å². The number of piperidine rings is 1. The van der Waals surface area contributed by atoms with E-state index in [1.54, 1.807) is 35.2 Å². The Morgan fingerprint density at radius 3 is 2.31 bits per heavy atom. The lowest BCUT2D eigenvalue weighted by atomic mass is 9.95. The summed E-state index contributed by atoms with van der Waals surface area (Å²) in [6.07, 6.45) is -0.0832. The molecule has 39 heavy (non-hydrogen) atoms. The van der Waals surface area contributed by atoms with Gasteiger partial charge in [-0.25, -0.2) is 8.42 Å².